The third-order valence-corrected chi connectivity index (χ3v) is 4.23. The fraction of sp³-hybridized carbons (Fsp3) is 0.115. The third kappa shape index (κ3) is 10.9. The minimum absolute atomic E-state index is 0.0660. The Morgan fingerprint density at radius 2 is 1.55 bits per heavy atom. The maximum Gasteiger partial charge on any atom is 0.142 e. The van der Waals surface area contributed by atoms with Gasteiger partial charge in [-0.2, -0.15) is 0 Å². The Morgan fingerprint density at radius 3 is 2.10 bits per heavy atom. The molecule has 0 rings (SSSR count). The van der Waals surface area contributed by atoms with Crippen molar-refractivity contribution in [2.24, 2.45) is 11.8 Å². The summed E-state index contributed by atoms with van der Waals surface area (Å²) in [5.41, 5.74) is 1.95. The predicted molar refractivity (Wildman–Crippen MR) is 131 cm³/mol. The Bertz CT molecular complexity index is 784. The zero-order valence-electron chi connectivity index (χ0n) is 16.8. The second-order valence-electron chi connectivity index (χ2n) is 5.71. The van der Waals surface area contributed by atoms with E-state index in [4.69, 9.17) is 0 Å². The van der Waals surface area contributed by atoms with E-state index in [1.54, 1.807) is 29.3 Å². The average Bonchev–Trinajstić information content (AvgIpc) is 2.74. The van der Waals surface area contributed by atoms with Crippen LogP contribution in [0.4, 0.5) is 0 Å². The predicted octanol–water partition coefficient (Wildman–Crippen LogP) is 7.42. The van der Waals surface area contributed by atoms with Gasteiger partial charge in [0.2, 0.25) is 0 Å². The molecule has 0 aromatic carbocycles. The quantitative estimate of drug-likeness (QED) is 0.136. The van der Waals surface area contributed by atoms with E-state index in [1.807, 2.05) is 55.5 Å². The number of allylic oxidation sites excluding steroid dienone is 17. The van der Waals surface area contributed by atoms with Gasteiger partial charge in [-0.05, 0) is 41.3 Å². The lowest BCUT2D eigenvalue weighted by Gasteiger charge is -2.24. The summed E-state index contributed by atoms with van der Waals surface area (Å²) in [6, 6.07) is 0. The maximum atomic E-state index is 10.9. The van der Waals surface area contributed by atoms with Gasteiger partial charge in [-0.1, -0.05) is 109 Å². The van der Waals surface area contributed by atoms with Gasteiger partial charge in [0.1, 0.15) is 12.0 Å². The molecule has 0 aromatic rings. The van der Waals surface area contributed by atoms with Gasteiger partial charge in [0.25, 0.3) is 0 Å². The van der Waals surface area contributed by atoms with E-state index in [-0.39, 0.29) is 17.6 Å². The van der Waals surface area contributed by atoms with Crippen LogP contribution in [0.2, 0.25) is 0 Å². The molecule has 152 valence electrons. The molecule has 0 aromatic heterocycles. The Balaban J connectivity index is 6.50. The molecule has 0 saturated heterocycles. The summed E-state index contributed by atoms with van der Waals surface area (Å²) in [6.07, 6.45) is 27.8. The molecule has 0 radical (unpaired) electrons. The molecule has 0 aliphatic carbocycles. The number of aldehydes is 1. The van der Waals surface area contributed by atoms with Crippen LogP contribution < -0.4 is 0 Å². The molecule has 0 spiro atoms. The molecule has 0 bridgehead atoms. The van der Waals surface area contributed by atoms with E-state index in [0.717, 1.165) is 17.4 Å². The van der Waals surface area contributed by atoms with Crippen molar-refractivity contribution in [1.82, 2.24) is 0 Å². The summed E-state index contributed by atoms with van der Waals surface area (Å²) in [5, 5.41) is 9.66. The minimum atomic E-state index is -0.105. The van der Waals surface area contributed by atoms with Crippen LogP contribution in [0.1, 0.15) is 6.92 Å². The van der Waals surface area contributed by atoms with Crippen molar-refractivity contribution in [1.29, 1.82) is 0 Å². The molecule has 0 amide bonds. The highest BCUT2D eigenvalue weighted by atomic mass is 79.9. The van der Waals surface area contributed by atoms with E-state index in [1.165, 1.54) is 12.2 Å². The van der Waals surface area contributed by atoms with Crippen LogP contribution in [0, 0.1) is 11.8 Å². The molecular weight excluding hydrogens is 424 g/mol. The van der Waals surface area contributed by atoms with E-state index in [9.17, 15) is 9.90 Å². The van der Waals surface area contributed by atoms with Crippen LogP contribution in [-0.4, -0.2) is 11.4 Å². The van der Waals surface area contributed by atoms with Crippen LogP contribution in [0.25, 0.3) is 0 Å². The van der Waals surface area contributed by atoms with Crippen molar-refractivity contribution in [3.8, 4) is 0 Å². The maximum absolute atomic E-state index is 10.9. The molecule has 0 aliphatic rings. The fourth-order valence-corrected chi connectivity index (χ4v) is 2.71. The highest BCUT2D eigenvalue weighted by molar-refractivity contribution is 9.11. The minimum Gasteiger partial charge on any atom is -0.508 e. The number of carbonyl (C=O) groups is 1. The van der Waals surface area contributed by atoms with Crippen molar-refractivity contribution in [3.05, 3.63) is 133 Å². The first kappa shape index (κ1) is 26.1. The number of aliphatic hydroxyl groups is 1. The Kier molecular flexibility index (Phi) is 15.5. The lowest BCUT2D eigenvalue weighted by molar-refractivity contribution is -0.104. The van der Waals surface area contributed by atoms with Gasteiger partial charge < -0.3 is 5.11 Å². The molecule has 3 heteroatoms. The summed E-state index contributed by atoms with van der Waals surface area (Å²) < 4.78 is 0. The summed E-state index contributed by atoms with van der Waals surface area (Å²) in [7, 11) is 0. The van der Waals surface area contributed by atoms with Gasteiger partial charge in [0.15, 0.2) is 0 Å². The van der Waals surface area contributed by atoms with Crippen LogP contribution in [-0.2, 0) is 4.79 Å². The van der Waals surface area contributed by atoms with E-state index in [0.29, 0.717) is 0 Å². The molecule has 0 heterocycles. The number of hydrogen-bond donors (Lipinski definition) is 1. The molecule has 29 heavy (non-hydrogen) atoms. The molecular formula is C26H29BrO2. The smallest absolute Gasteiger partial charge is 0.142 e. The fourth-order valence-electron chi connectivity index (χ4n) is 2.56. The number of hydrogen-bond acceptors (Lipinski definition) is 2. The largest absolute Gasteiger partial charge is 0.508 e. The third-order valence-electron chi connectivity index (χ3n) is 3.93. The van der Waals surface area contributed by atoms with E-state index >= 15 is 0 Å². The Hall–Kier alpha value is -2.91. The Labute approximate surface area is 183 Å². The molecule has 1 N–H and O–H groups in total. The lowest BCUT2D eigenvalue weighted by Crippen LogP contribution is -2.14. The molecule has 0 fully saturated rings. The van der Waals surface area contributed by atoms with E-state index < -0.39 is 0 Å². The average molecular weight is 453 g/mol. The highest BCUT2D eigenvalue weighted by Crippen LogP contribution is 2.32. The molecule has 2 atom stereocenters. The second-order valence-corrected chi connectivity index (χ2v) is 6.24. The zero-order valence-corrected chi connectivity index (χ0v) is 18.4. The van der Waals surface area contributed by atoms with Gasteiger partial charge in [0.05, 0.1) is 0 Å². The van der Waals surface area contributed by atoms with Crippen molar-refractivity contribution >= 4 is 22.2 Å². The highest BCUT2D eigenvalue weighted by Gasteiger charge is 2.21. The van der Waals surface area contributed by atoms with Crippen molar-refractivity contribution in [2.45, 2.75) is 6.92 Å². The molecule has 2 nitrogen and oxygen atoms in total. The molecule has 0 saturated carbocycles. The van der Waals surface area contributed by atoms with Gasteiger partial charge in [-0.25, -0.2) is 0 Å². The van der Waals surface area contributed by atoms with Gasteiger partial charge in [0, 0.05) is 11.8 Å². The standard InChI is InChI=1S/C26H29BrO2/c1-5-9-10-11-18-25(22(6-2)15-13-20-27)26(19-12-17-24(29)8-4)23(7-3)16-14-21-28/h5-21,25-26,29H,1-2,4H2,3H3/b10-9-,16-14-,18-11+,19-12+,20-13+,22-15+,23-7+,24-17+. The van der Waals surface area contributed by atoms with Crippen LogP contribution >= 0.6 is 15.9 Å². The number of halogens is 1. The van der Waals surface area contributed by atoms with Crippen molar-refractivity contribution < 1.29 is 9.90 Å². The van der Waals surface area contributed by atoms with E-state index in [2.05, 4.69) is 41.7 Å². The van der Waals surface area contributed by atoms with Crippen LogP contribution in [0.3, 0.4) is 0 Å². The molecule has 0 aliphatic heterocycles. The second kappa shape index (κ2) is 17.2. The zero-order chi connectivity index (χ0) is 21.9. The van der Waals surface area contributed by atoms with Gasteiger partial charge in [-0.15, -0.1) is 0 Å². The lowest BCUT2D eigenvalue weighted by atomic mass is 9.79. The first-order chi connectivity index (χ1) is 14.1. The summed E-state index contributed by atoms with van der Waals surface area (Å²) in [5.74, 6) is -0.0942. The van der Waals surface area contributed by atoms with Gasteiger partial charge >= 0.3 is 0 Å². The summed E-state index contributed by atoms with van der Waals surface area (Å²) in [4.78, 5) is 12.6. The van der Waals surface area contributed by atoms with Gasteiger partial charge in [-0.3, -0.25) is 4.79 Å². The first-order valence-corrected chi connectivity index (χ1v) is 10.0. The number of rotatable bonds is 13. The summed E-state index contributed by atoms with van der Waals surface area (Å²) in [6.45, 7) is 13.1. The van der Waals surface area contributed by atoms with Crippen molar-refractivity contribution in [2.75, 3.05) is 0 Å². The Morgan fingerprint density at radius 1 is 0.862 bits per heavy atom. The topological polar surface area (TPSA) is 37.3 Å². The number of aliphatic hydroxyl groups excluding tert-OH is 1. The van der Waals surface area contributed by atoms with Crippen LogP contribution in [0.5, 0.6) is 0 Å². The molecule has 2 unspecified atom stereocenters. The van der Waals surface area contributed by atoms with Crippen LogP contribution in [0.15, 0.2) is 133 Å². The number of carbonyl (C=O) groups excluding carboxylic acids is 1. The summed E-state index contributed by atoms with van der Waals surface area (Å²) >= 11 is 3.29. The monoisotopic (exact) mass is 452 g/mol. The normalized spacial score (nSPS) is 16.3. The first-order valence-electron chi connectivity index (χ1n) is 9.12. The SMILES string of the molecule is C=C/C=C\C=C\C(/C(C=C)=C/C=C/Br)C(/C=C/C=C(/O)C=C)C(/C=C\C=O)=C/C. The van der Waals surface area contributed by atoms with Crippen molar-refractivity contribution in [3.63, 3.8) is 0 Å².